The van der Waals surface area contributed by atoms with Gasteiger partial charge < -0.3 is 4.40 Å². The summed E-state index contributed by atoms with van der Waals surface area (Å²) in [5.74, 6) is 0. The first-order valence-corrected chi connectivity index (χ1v) is 14.1. The van der Waals surface area contributed by atoms with Gasteiger partial charge in [0.15, 0.2) is 0 Å². The van der Waals surface area contributed by atoms with E-state index in [1.54, 1.807) is 0 Å². The summed E-state index contributed by atoms with van der Waals surface area (Å²) in [7, 11) is 0. The molecule has 0 bridgehead atoms. The fraction of sp³-hybridized carbons (Fsp3) is 0. The Morgan fingerprint density at radius 2 is 0.951 bits per heavy atom. The summed E-state index contributed by atoms with van der Waals surface area (Å²) in [6, 6.07) is 52.5. The lowest BCUT2D eigenvalue weighted by molar-refractivity contribution is 1.27. The van der Waals surface area contributed by atoms with E-state index in [0.29, 0.717) is 0 Å². The Morgan fingerprint density at radius 3 is 1.73 bits per heavy atom. The predicted molar refractivity (Wildman–Crippen MR) is 174 cm³/mol. The monoisotopic (exact) mass is 520 g/mol. The Hall–Kier alpha value is -5.47. The number of nitrogens with zero attached hydrogens (tertiary/aromatic N) is 2. The Morgan fingerprint density at radius 1 is 0.366 bits per heavy atom. The second kappa shape index (κ2) is 8.51. The normalized spacial score (nSPS) is 11.9. The van der Waals surface area contributed by atoms with Crippen LogP contribution in [-0.4, -0.2) is 9.38 Å². The number of rotatable bonds is 2. The molecule has 0 aliphatic carbocycles. The molecule has 0 atom stereocenters. The largest absolute Gasteiger partial charge is 0.306 e. The lowest BCUT2D eigenvalue weighted by Crippen LogP contribution is -1.95. The maximum atomic E-state index is 5.21. The van der Waals surface area contributed by atoms with E-state index in [4.69, 9.17) is 4.98 Å². The van der Waals surface area contributed by atoms with Crippen LogP contribution >= 0.6 is 0 Å². The molecule has 0 amide bonds. The van der Waals surface area contributed by atoms with E-state index in [1.807, 2.05) is 0 Å². The highest BCUT2D eigenvalue weighted by Gasteiger charge is 2.15. The van der Waals surface area contributed by atoms with Gasteiger partial charge in [0.05, 0.1) is 27.8 Å². The number of fused-ring (bicyclic) bond motifs is 11. The number of benzene rings is 7. The van der Waals surface area contributed by atoms with Gasteiger partial charge in [-0.25, -0.2) is 4.98 Å². The highest BCUT2D eigenvalue weighted by atomic mass is 14.9. The van der Waals surface area contributed by atoms with Crippen LogP contribution in [0.1, 0.15) is 0 Å². The molecule has 0 saturated heterocycles. The summed E-state index contributed by atoms with van der Waals surface area (Å²) in [5.41, 5.74) is 8.94. The predicted octanol–water partition coefficient (Wildman–Crippen LogP) is 10.4. The SMILES string of the molecule is c1cc(-c2ccc3c4ccccc4c4ccccc4c3c2)cc(-c2nc3ccccc3n3c2cc2ccccc23)c1. The van der Waals surface area contributed by atoms with Crippen molar-refractivity contribution in [1.29, 1.82) is 0 Å². The summed E-state index contributed by atoms with van der Waals surface area (Å²) in [5, 5.41) is 8.97. The van der Waals surface area contributed by atoms with Crippen LogP contribution in [0.25, 0.3) is 82.2 Å². The van der Waals surface area contributed by atoms with Gasteiger partial charge in [-0.15, -0.1) is 0 Å². The van der Waals surface area contributed by atoms with Crippen LogP contribution < -0.4 is 0 Å². The first-order chi connectivity index (χ1) is 20.3. The van der Waals surface area contributed by atoms with Crippen LogP contribution in [0.3, 0.4) is 0 Å². The first-order valence-electron chi connectivity index (χ1n) is 14.1. The van der Waals surface area contributed by atoms with Crippen LogP contribution in [0.4, 0.5) is 0 Å². The maximum absolute atomic E-state index is 5.21. The van der Waals surface area contributed by atoms with Gasteiger partial charge >= 0.3 is 0 Å². The van der Waals surface area contributed by atoms with Gasteiger partial charge in [-0.2, -0.15) is 0 Å². The number of para-hydroxylation sites is 3. The third-order valence-corrected chi connectivity index (χ3v) is 8.52. The number of hydrogen-bond acceptors (Lipinski definition) is 1. The van der Waals surface area contributed by atoms with Gasteiger partial charge in [-0.1, -0.05) is 109 Å². The third kappa shape index (κ3) is 3.28. The first kappa shape index (κ1) is 22.4. The summed E-state index contributed by atoms with van der Waals surface area (Å²) in [4.78, 5) is 5.21. The molecule has 0 aliphatic heterocycles. The van der Waals surface area contributed by atoms with E-state index >= 15 is 0 Å². The summed E-state index contributed by atoms with van der Waals surface area (Å²) in [6.45, 7) is 0. The summed E-state index contributed by atoms with van der Waals surface area (Å²) < 4.78 is 2.35. The average molecular weight is 521 g/mol. The van der Waals surface area contributed by atoms with Crippen molar-refractivity contribution in [3.8, 4) is 22.4 Å². The highest BCUT2D eigenvalue weighted by molar-refractivity contribution is 6.25. The molecule has 0 fully saturated rings. The highest BCUT2D eigenvalue weighted by Crippen LogP contribution is 2.38. The van der Waals surface area contributed by atoms with Gasteiger partial charge in [-0.05, 0) is 79.8 Å². The second-order valence-electron chi connectivity index (χ2n) is 10.8. The fourth-order valence-electron chi connectivity index (χ4n) is 6.66. The standard InChI is InChI=1S/C39H24N2/c1-7-18-36-27(10-1)24-38-39(40-35-17-6-8-19-37(35)41(36)38)28-12-9-11-25(22-28)26-20-21-33-31-15-3-2-13-29(31)30-14-4-5-16-32(30)34(33)23-26/h1-24H. The Balaban J connectivity index is 1.29. The molecule has 190 valence electrons. The van der Waals surface area contributed by atoms with Gasteiger partial charge in [-0.3, -0.25) is 0 Å². The average Bonchev–Trinajstić information content (AvgIpc) is 3.44. The molecule has 0 radical (unpaired) electrons. The van der Waals surface area contributed by atoms with Crippen LogP contribution in [-0.2, 0) is 0 Å². The molecule has 2 aromatic heterocycles. The molecule has 41 heavy (non-hydrogen) atoms. The van der Waals surface area contributed by atoms with Crippen molar-refractivity contribution in [3.05, 3.63) is 146 Å². The molecular weight excluding hydrogens is 496 g/mol. The lowest BCUT2D eigenvalue weighted by atomic mass is 9.91. The summed E-state index contributed by atoms with van der Waals surface area (Å²) >= 11 is 0. The zero-order valence-electron chi connectivity index (χ0n) is 22.3. The van der Waals surface area contributed by atoms with Gasteiger partial charge in [0.1, 0.15) is 0 Å². The molecule has 0 spiro atoms. The molecular formula is C39H24N2. The van der Waals surface area contributed by atoms with Crippen molar-refractivity contribution in [3.63, 3.8) is 0 Å². The Labute approximate surface area is 236 Å². The molecule has 7 aromatic carbocycles. The van der Waals surface area contributed by atoms with Crippen LogP contribution in [0.5, 0.6) is 0 Å². The minimum absolute atomic E-state index is 0.991. The number of hydrogen-bond donors (Lipinski definition) is 0. The fourth-order valence-corrected chi connectivity index (χ4v) is 6.66. The van der Waals surface area contributed by atoms with E-state index in [2.05, 4.69) is 150 Å². The van der Waals surface area contributed by atoms with Crippen molar-refractivity contribution >= 4 is 59.8 Å². The lowest BCUT2D eigenvalue weighted by Gasteiger charge is -2.13. The van der Waals surface area contributed by atoms with E-state index in [1.165, 1.54) is 54.3 Å². The van der Waals surface area contributed by atoms with E-state index in [9.17, 15) is 0 Å². The van der Waals surface area contributed by atoms with E-state index < -0.39 is 0 Å². The summed E-state index contributed by atoms with van der Waals surface area (Å²) in [6.07, 6.45) is 0. The minimum Gasteiger partial charge on any atom is -0.306 e. The van der Waals surface area contributed by atoms with Crippen molar-refractivity contribution in [2.24, 2.45) is 0 Å². The third-order valence-electron chi connectivity index (χ3n) is 8.52. The molecule has 2 heteroatoms. The van der Waals surface area contributed by atoms with E-state index in [-0.39, 0.29) is 0 Å². The van der Waals surface area contributed by atoms with Crippen molar-refractivity contribution in [1.82, 2.24) is 9.38 Å². The Bertz CT molecular complexity index is 2450. The van der Waals surface area contributed by atoms with Crippen molar-refractivity contribution in [2.75, 3.05) is 0 Å². The van der Waals surface area contributed by atoms with Gasteiger partial charge in [0.2, 0.25) is 0 Å². The van der Waals surface area contributed by atoms with Crippen molar-refractivity contribution in [2.45, 2.75) is 0 Å². The van der Waals surface area contributed by atoms with Gasteiger partial charge in [0, 0.05) is 10.9 Å². The van der Waals surface area contributed by atoms with Crippen molar-refractivity contribution < 1.29 is 0 Å². The molecule has 2 heterocycles. The molecule has 9 aromatic rings. The van der Waals surface area contributed by atoms with Crippen LogP contribution in [0.2, 0.25) is 0 Å². The minimum atomic E-state index is 0.991. The Kier molecular flexibility index (Phi) is 4.64. The second-order valence-corrected chi connectivity index (χ2v) is 10.8. The maximum Gasteiger partial charge on any atom is 0.0951 e. The quantitative estimate of drug-likeness (QED) is 0.207. The van der Waals surface area contributed by atoms with E-state index in [0.717, 1.165) is 27.8 Å². The molecule has 0 unspecified atom stereocenters. The van der Waals surface area contributed by atoms with Crippen LogP contribution in [0, 0.1) is 0 Å². The molecule has 0 aliphatic rings. The molecule has 0 N–H and O–H groups in total. The molecule has 2 nitrogen and oxygen atoms in total. The molecule has 9 rings (SSSR count). The number of aromatic nitrogens is 2. The molecule has 0 saturated carbocycles. The van der Waals surface area contributed by atoms with Gasteiger partial charge in [0.25, 0.3) is 0 Å². The van der Waals surface area contributed by atoms with Crippen LogP contribution in [0.15, 0.2) is 146 Å². The smallest absolute Gasteiger partial charge is 0.0951 e. The topological polar surface area (TPSA) is 17.3 Å². The zero-order chi connectivity index (χ0) is 26.9. The zero-order valence-corrected chi connectivity index (χ0v) is 22.3.